The van der Waals surface area contributed by atoms with Crippen molar-refractivity contribution < 1.29 is 14.6 Å². The summed E-state index contributed by atoms with van der Waals surface area (Å²) in [5, 5.41) is 9.14. The Morgan fingerprint density at radius 2 is 1.71 bits per heavy atom. The van der Waals surface area contributed by atoms with Crippen molar-refractivity contribution in [2.75, 3.05) is 0 Å². The Labute approximate surface area is 160 Å². The van der Waals surface area contributed by atoms with Crippen LogP contribution in [0, 0.1) is 9.49 Å². The van der Waals surface area contributed by atoms with E-state index in [2.05, 4.69) is 60.7 Å². The van der Waals surface area contributed by atoms with Gasteiger partial charge in [-0.1, -0.05) is 58.1 Å². The first-order valence-corrected chi connectivity index (χ1v) is 10.3. The van der Waals surface area contributed by atoms with Crippen molar-refractivity contribution in [2.24, 2.45) is 5.92 Å². The highest BCUT2D eigenvalue weighted by Crippen LogP contribution is 2.26. The average Bonchev–Trinajstić information content (AvgIpc) is 2.56. The number of halogens is 1. The zero-order valence-corrected chi connectivity index (χ0v) is 17.1. The van der Waals surface area contributed by atoms with Crippen molar-refractivity contribution in [1.29, 1.82) is 0 Å². The van der Waals surface area contributed by atoms with Gasteiger partial charge in [0.05, 0.1) is 0 Å². The molecule has 0 aliphatic heterocycles. The van der Waals surface area contributed by atoms with E-state index >= 15 is 0 Å². The molecule has 1 aromatic carbocycles. The summed E-state index contributed by atoms with van der Waals surface area (Å²) in [5.74, 6) is 0.266. The number of rotatable bonds is 12. The van der Waals surface area contributed by atoms with Crippen molar-refractivity contribution in [2.45, 2.75) is 77.7 Å². The molecule has 136 valence electrons. The Morgan fingerprint density at radius 1 is 1.04 bits per heavy atom. The Hall–Kier alpha value is -0.780. The van der Waals surface area contributed by atoms with Crippen molar-refractivity contribution in [1.82, 2.24) is 0 Å². The number of carbonyl (C=O) groups is 1. The molecule has 0 spiro atoms. The molecule has 24 heavy (non-hydrogen) atoms. The van der Waals surface area contributed by atoms with E-state index in [1.54, 1.807) is 0 Å². The predicted molar refractivity (Wildman–Crippen MR) is 108 cm³/mol. The molecule has 0 amide bonds. The summed E-state index contributed by atoms with van der Waals surface area (Å²) in [4.78, 5) is 11.2. The maximum absolute atomic E-state index is 11.2. The van der Waals surface area contributed by atoms with Crippen LogP contribution in [0.5, 0.6) is 0 Å². The maximum atomic E-state index is 11.2. The lowest BCUT2D eigenvalue weighted by Crippen LogP contribution is -2.28. The van der Waals surface area contributed by atoms with Crippen LogP contribution >= 0.6 is 22.6 Å². The summed E-state index contributed by atoms with van der Waals surface area (Å²) in [5.41, 5.74) is 1.27. The standard InChI is InChI=1S/C20H31IO3/c1-3-5-7-8-10-19(24-20(22)23)17(9-6-4-2)15-16-11-13-18(21)14-12-16/h11-14,17,19H,3-10,15H2,1-2H3,(H,22,23). The molecule has 0 aliphatic rings. The van der Waals surface area contributed by atoms with E-state index in [-0.39, 0.29) is 12.0 Å². The Kier molecular flexibility index (Phi) is 11.1. The third-order valence-electron chi connectivity index (χ3n) is 4.46. The summed E-state index contributed by atoms with van der Waals surface area (Å²) in [6.45, 7) is 4.36. The van der Waals surface area contributed by atoms with Gasteiger partial charge in [0.15, 0.2) is 0 Å². The third-order valence-corrected chi connectivity index (χ3v) is 5.18. The number of hydrogen-bond acceptors (Lipinski definition) is 2. The fourth-order valence-corrected chi connectivity index (χ4v) is 3.46. The minimum atomic E-state index is -1.14. The molecular formula is C20H31IO3. The molecule has 1 N–H and O–H groups in total. The highest BCUT2D eigenvalue weighted by molar-refractivity contribution is 14.1. The molecule has 3 nitrogen and oxygen atoms in total. The second kappa shape index (κ2) is 12.6. The average molecular weight is 446 g/mol. The maximum Gasteiger partial charge on any atom is 0.506 e. The number of benzene rings is 1. The molecule has 0 fully saturated rings. The van der Waals surface area contributed by atoms with Crippen LogP contribution in [0.2, 0.25) is 0 Å². The van der Waals surface area contributed by atoms with Crippen LogP contribution in [0.3, 0.4) is 0 Å². The van der Waals surface area contributed by atoms with Gasteiger partial charge in [-0.2, -0.15) is 0 Å². The molecule has 4 heteroatoms. The molecular weight excluding hydrogens is 415 g/mol. The molecule has 0 heterocycles. The highest BCUT2D eigenvalue weighted by atomic mass is 127. The highest BCUT2D eigenvalue weighted by Gasteiger charge is 2.25. The molecule has 0 aliphatic carbocycles. The third kappa shape index (κ3) is 8.90. The van der Waals surface area contributed by atoms with Crippen molar-refractivity contribution in [3.63, 3.8) is 0 Å². The van der Waals surface area contributed by atoms with E-state index in [1.807, 2.05) is 0 Å². The zero-order chi connectivity index (χ0) is 17.8. The van der Waals surface area contributed by atoms with Crippen molar-refractivity contribution >= 4 is 28.7 Å². The Morgan fingerprint density at radius 3 is 2.29 bits per heavy atom. The molecule has 0 saturated carbocycles. The quantitative estimate of drug-likeness (QED) is 0.222. The minimum Gasteiger partial charge on any atom is -0.450 e. The SMILES string of the molecule is CCCCCCC(OC(=O)O)C(CCCC)Cc1ccc(I)cc1. The topological polar surface area (TPSA) is 46.5 Å². The summed E-state index contributed by atoms with van der Waals surface area (Å²) in [7, 11) is 0. The van der Waals surface area contributed by atoms with Gasteiger partial charge in [-0.3, -0.25) is 0 Å². The molecule has 0 radical (unpaired) electrons. The lowest BCUT2D eigenvalue weighted by atomic mass is 9.87. The summed E-state index contributed by atoms with van der Waals surface area (Å²) in [6, 6.07) is 8.52. The first-order valence-electron chi connectivity index (χ1n) is 9.20. The molecule has 2 atom stereocenters. The van der Waals surface area contributed by atoms with E-state index in [9.17, 15) is 4.79 Å². The fourth-order valence-electron chi connectivity index (χ4n) is 3.10. The first-order chi connectivity index (χ1) is 11.6. The second-order valence-electron chi connectivity index (χ2n) is 6.50. The fraction of sp³-hybridized carbons (Fsp3) is 0.650. The van der Waals surface area contributed by atoms with Gasteiger partial charge in [0.1, 0.15) is 6.10 Å². The Balaban J connectivity index is 2.76. The van der Waals surface area contributed by atoms with Gasteiger partial charge in [-0.15, -0.1) is 0 Å². The molecule has 0 bridgehead atoms. The van der Waals surface area contributed by atoms with Crippen LogP contribution in [-0.4, -0.2) is 17.4 Å². The molecule has 1 aromatic rings. The largest absolute Gasteiger partial charge is 0.506 e. The van der Waals surface area contributed by atoms with Crippen molar-refractivity contribution in [3.05, 3.63) is 33.4 Å². The van der Waals surface area contributed by atoms with Crippen LogP contribution in [0.15, 0.2) is 24.3 Å². The lowest BCUT2D eigenvalue weighted by Gasteiger charge is -2.26. The first kappa shape index (κ1) is 21.3. The summed E-state index contributed by atoms with van der Waals surface area (Å²) >= 11 is 2.31. The molecule has 0 aromatic heterocycles. The van der Waals surface area contributed by atoms with Gasteiger partial charge in [0.2, 0.25) is 0 Å². The minimum absolute atomic E-state index is 0.190. The normalized spacial score (nSPS) is 13.5. The molecule has 1 rings (SSSR count). The van der Waals surface area contributed by atoms with E-state index < -0.39 is 6.16 Å². The van der Waals surface area contributed by atoms with Crippen LogP contribution in [0.4, 0.5) is 4.79 Å². The monoisotopic (exact) mass is 446 g/mol. The van der Waals surface area contributed by atoms with Gasteiger partial charge < -0.3 is 9.84 Å². The van der Waals surface area contributed by atoms with E-state index in [0.29, 0.717) is 0 Å². The van der Waals surface area contributed by atoms with Crippen molar-refractivity contribution in [3.8, 4) is 0 Å². The molecule has 2 unspecified atom stereocenters. The van der Waals surface area contributed by atoms with Gasteiger partial charge in [-0.05, 0) is 66.0 Å². The summed E-state index contributed by atoms with van der Waals surface area (Å²) in [6.07, 6.45) is 8.25. The Bertz CT molecular complexity index is 458. The zero-order valence-electron chi connectivity index (χ0n) is 15.0. The van der Waals surface area contributed by atoms with Gasteiger partial charge in [-0.25, -0.2) is 4.79 Å². The second-order valence-corrected chi connectivity index (χ2v) is 7.75. The van der Waals surface area contributed by atoms with E-state index in [1.165, 1.54) is 22.0 Å². The van der Waals surface area contributed by atoms with E-state index in [0.717, 1.165) is 44.9 Å². The molecule has 0 saturated heterocycles. The number of ether oxygens (including phenoxy) is 1. The van der Waals surface area contributed by atoms with Gasteiger partial charge >= 0.3 is 6.16 Å². The van der Waals surface area contributed by atoms with Crippen LogP contribution in [-0.2, 0) is 11.2 Å². The number of hydrogen-bond donors (Lipinski definition) is 1. The lowest BCUT2D eigenvalue weighted by molar-refractivity contribution is 0.0164. The van der Waals surface area contributed by atoms with Crippen LogP contribution in [0.1, 0.15) is 70.8 Å². The number of unbranched alkanes of at least 4 members (excludes halogenated alkanes) is 4. The van der Waals surface area contributed by atoms with E-state index in [4.69, 9.17) is 9.84 Å². The van der Waals surface area contributed by atoms with Gasteiger partial charge in [0.25, 0.3) is 0 Å². The summed E-state index contributed by atoms with van der Waals surface area (Å²) < 4.78 is 6.52. The van der Waals surface area contributed by atoms with Crippen LogP contribution < -0.4 is 0 Å². The van der Waals surface area contributed by atoms with Crippen LogP contribution in [0.25, 0.3) is 0 Å². The number of carboxylic acid groups (broad SMARTS) is 1. The van der Waals surface area contributed by atoms with Gasteiger partial charge in [0, 0.05) is 9.49 Å². The smallest absolute Gasteiger partial charge is 0.450 e. The predicted octanol–water partition coefficient (Wildman–Crippen LogP) is 6.67.